The van der Waals surface area contributed by atoms with Gasteiger partial charge in [0, 0.05) is 58.5 Å². The van der Waals surface area contributed by atoms with E-state index in [0.29, 0.717) is 37.6 Å². The number of carbonyl (C=O) groups excluding carboxylic acids is 1. The third kappa shape index (κ3) is 4.46. The van der Waals surface area contributed by atoms with Crippen molar-refractivity contribution in [1.82, 2.24) is 19.7 Å². The number of rotatable bonds is 7. The summed E-state index contributed by atoms with van der Waals surface area (Å²) in [4.78, 5) is 21.7. The number of carbonyl (C=O) groups is 1. The fraction of sp³-hybridized carbons (Fsp3) is 0.200. The molecule has 5 heterocycles. The van der Waals surface area contributed by atoms with Crippen molar-refractivity contribution in [2.75, 3.05) is 18.5 Å². The zero-order chi connectivity index (χ0) is 23.6. The molecule has 5 aromatic rings. The molecule has 35 heavy (non-hydrogen) atoms. The Balaban J connectivity index is 1.29. The van der Waals surface area contributed by atoms with E-state index in [2.05, 4.69) is 20.4 Å². The fourth-order valence-electron chi connectivity index (χ4n) is 4.06. The number of pyridine rings is 1. The van der Waals surface area contributed by atoms with Gasteiger partial charge in [-0.15, -0.1) is 11.3 Å². The maximum Gasteiger partial charge on any atom is 0.275 e. The molecule has 10 heteroatoms. The highest BCUT2D eigenvalue weighted by atomic mass is 32.1. The molecule has 0 radical (unpaired) electrons. The van der Waals surface area contributed by atoms with Crippen molar-refractivity contribution >= 4 is 33.8 Å². The number of thiazole rings is 1. The Bertz CT molecular complexity index is 1460. The number of furan rings is 1. The number of ether oxygens (including phenoxy) is 2. The Morgan fingerprint density at radius 1 is 1.14 bits per heavy atom. The standard InChI is InChI=1S/C25H21N5O4S/c31-24(21-15-35-25(29-21)16-1-5-26-6-2-16)28-20-11-18-13-27-30(7-3-23-33-9-10-34-23)22(18)12-19(20)17-4-8-32-14-17/h1-2,4-6,8,11-15,23H,3,7,9-10H2,(H,28,31). The van der Waals surface area contributed by atoms with Crippen molar-refractivity contribution in [3.63, 3.8) is 0 Å². The lowest BCUT2D eigenvalue weighted by Crippen LogP contribution is -2.13. The van der Waals surface area contributed by atoms with Crippen molar-refractivity contribution in [2.24, 2.45) is 0 Å². The van der Waals surface area contributed by atoms with Gasteiger partial charge in [0.05, 0.1) is 37.5 Å². The van der Waals surface area contributed by atoms with Gasteiger partial charge >= 0.3 is 0 Å². The molecule has 0 atom stereocenters. The molecule has 0 spiro atoms. The number of fused-ring (bicyclic) bond motifs is 1. The number of anilines is 1. The zero-order valence-corrected chi connectivity index (χ0v) is 19.4. The summed E-state index contributed by atoms with van der Waals surface area (Å²) < 4.78 is 18.3. The molecule has 1 aliphatic heterocycles. The molecule has 4 aromatic heterocycles. The van der Waals surface area contributed by atoms with Gasteiger partial charge in [-0.05, 0) is 30.3 Å². The second kappa shape index (κ2) is 9.41. The van der Waals surface area contributed by atoms with Gasteiger partial charge in [0.15, 0.2) is 6.29 Å². The summed E-state index contributed by atoms with van der Waals surface area (Å²) in [5.74, 6) is -0.284. The molecule has 9 nitrogen and oxygen atoms in total. The van der Waals surface area contributed by atoms with Crippen LogP contribution in [0.5, 0.6) is 0 Å². The van der Waals surface area contributed by atoms with Crippen LogP contribution >= 0.6 is 11.3 Å². The molecule has 1 N–H and O–H groups in total. The number of nitrogens with one attached hydrogen (secondary N) is 1. The van der Waals surface area contributed by atoms with Crippen molar-refractivity contribution in [2.45, 2.75) is 19.3 Å². The molecule has 6 rings (SSSR count). The third-order valence-electron chi connectivity index (χ3n) is 5.79. The second-order valence-electron chi connectivity index (χ2n) is 8.02. The molecule has 1 aromatic carbocycles. The average Bonchev–Trinajstić information content (AvgIpc) is 3.69. The number of hydrogen-bond acceptors (Lipinski definition) is 8. The first kappa shape index (κ1) is 21.7. The molecule has 176 valence electrons. The Hall–Kier alpha value is -3.86. The van der Waals surface area contributed by atoms with Crippen LogP contribution in [0.15, 0.2) is 71.2 Å². The zero-order valence-electron chi connectivity index (χ0n) is 18.6. The number of aromatic nitrogens is 4. The highest BCUT2D eigenvalue weighted by Crippen LogP contribution is 2.34. The van der Waals surface area contributed by atoms with E-state index in [4.69, 9.17) is 13.9 Å². The third-order valence-corrected chi connectivity index (χ3v) is 6.68. The monoisotopic (exact) mass is 487 g/mol. The topological polar surface area (TPSA) is 104 Å². The smallest absolute Gasteiger partial charge is 0.275 e. The molecule has 1 saturated heterocycles. The normalized spacial score (nSPS) is 14.1. The minimum Gasteiger partial charge on any atom is -0.472 e. The Morgan fingerprint density at radius 3 is 2.80 bits per heavy atom. The highest BCUT2D eigenvalue weighted by Gasteiger charge is 2.19. The van der Waals surface area contributed by atoms with E-state index in [-0.39, 0.29) is 12.2 Å². The van der Waals surface area contributed by atoms with Crippen molar-refractivity contribution in [3.8, 4) is 21.7 Å². The molecule has 0 aliphatic carbocycles. The molecular formula is C25H21N5O4S. The van der Waals surface area contributed by atoms with Crippen molar-refractivity contribution in [1.29, 1.82) is 0 Å². The SMILES string of the molecule is O=C(Nc1cc2cnn(CCC3OCCO3)c2cc1-c1ccoc1)c1csc(-c2ccncc2)n1. The van der Waals surface area contributed by atoms with Crippen LogP contribution in [0, 0.1) is 0 Å². The Morgan fingerprint density at radius 2 is 2.00 bits per heavy atom. The minimum absolute atomic E-state index is 0.198. The summed E-state index contributed by atoms with van der Waals surface area (Å²) in [7, 11) is 0. The average molecular weight is 488 g/mol. The van der Waals surface area contributed by atoms with E-state index in [1.165, 1.54) is 11.3 Å². The lowest BCUT2D eigenvalue weighted by molar-refractivity contribution is -0.0493. The lowest BCUT2D eigenvalue weighted by atomic mass is 10.0. The van der Waals surface area contributed by atoms with E-state index in [0.717, 1.165) is 32.6 Å². The van der Waals surface area contributed by atoms with Gasteiger partial charge in [0.1, 0.15) is 10.7 Å². The van der Waals surface area contributed by atoms with E-state index in [1.807, 2.05) is 35.0 Å². The van der Waals surface area contributed by atoms with Crippen LogP contribution in [0.4, 0.5) is 5.69 Å². The highest BCUT2D eigenvalue weighted by molar-refractivity contribution is 7.13. The summed E-state index contributed by atoms with van der Waals surface area (Å²) >= 11 is 1.42. The van der Waals surface area contributed by atoms with Crippen LogP contribution in [0.2, 0.25) is 0 Å². The predicted molar refractivity (Wildman–Crippen MR) is 131 cm³/mol. The van der Waals surface area contributed by atoms with Crippen LogP contribution in [0.1, 0.15) is 16.9 Å². The number of amides is 1. The maximum absolute atomic E-state index is 13.1. The molecule has 0 unspecified atom stereocenters. The molecule has 0 bridgehead atoms. The molecule has 0 saturated carbocycles. The molecular weight excluding hydrogens is 466 g/mol. The van der Waals surface area contributed by atoms with E-state index in [9.17, 15) is 4.79 Å². The molecule has 1 amide bonds. The van der Waals surface area contributed by atoms with Crippen LogP contribution in [0.3, 0.4) is 0 Å². The number of aryl methyl sites for hydroxylation is 1. The van der Waals surface area contributed by atoms with Gasteiger partial charge in [0.2, 0.25) is 0 Å². The summed E-state index contributed by atoms with van der Waals surface area (Å²) in [6.45, 7) is 1.91. The van der Waals surface area contributed by atoms with Gasteiger partial charge in [-0.2, -0.15) is 5.10 Å². The van der Waals surface area contributed by atoms with Crippen LogP contribution in [-0.2, 0) is 16.0 Å². The predicted octanol–water partition coefficient (Wildman–Crippen LogP) is 4.83. The van der Waals surface area contributed by atoms with E-state index in [1.54, 1.807) is 36.5 Å². The van der Waals surface area contributed by atoms with Crippen molar-refractivity contribution < 1.29 is 18.7 Å². The van der Waals surface area contributed by atoms with Gasteiger partial charge in [0.25, 0.3) is 5.91 Å². The maximum atomic E-state index is 13.1. The summed E-state index contributed by atoms with van der Waals surface area (Å²) in [6.07, 6.45) is 8.98. The molecule has 1 fully saturated rings. The van der Waals surface area contributed by atoms with E-state index >= 15 is 0 Å². The largest absolute Gasteiger partial charge is 0.472 e. The van der Waals surface area contributed by atoms with Gasteiger partial charge in [-0.3, -0.25) is 14.5 Å². The van der Waals surface area contributed by atoms with Gasteiger partial charge < -0.3 is 19.2 Å². The van der Waals surface area contributed by atoms with Crippen LogP contribution in [0.25, 0.3) is 32.6 Å². The number of nitrogens with zero attached hydrogens (tertiary/aromatic N) is 4. The first-order valence-corrected chi connectivity index (χ1v) is 12.1. The number of hydrogen-bond donors (Lipinski definition) is 1. The van der Waals surface area contributed by atoms with Crippen LogP contribution < -0.4 is 5.32 Å². The first-order valence-electron chi connectivity index (χ1n) is 11.2. The quantitative estimate of drug-likeness (QED) is 0.351. The number of benzene rings is 1. The fourth-order valence-corrected chi connectivity index (χ4v) is 4.86. The Kier molecular flexibility index (Phi) is 5.83. The lowest BCUT2D eigenvalue weighted by Gasteiger charge is -2.12. The van der Waals surface area contributed by atoms with Crippen LogP contribution in [-0.4, -0.2) is 45.2 Å². The minimum atomic E-state index is -0.284. The summed E-state index contributed by atoms with van der Waals surface area (Å²) in [6, 6.07) is 9.55. The van der Waals surface area contributed by atoms with Gasteiger partial charge in [-0.1, -0.05) is 0 Å². The summed E-state index contributed by atoms with van der Waals surface area (Å²) in [5.41, 5.74) is 4.57. The van der Waals surface area contributed by atoms with E-state index < -0.39 is 0 Å². The first-order chi connectivity index (χ1) is 17.2. The van der Waals surface area contributed by atoms with Gasteiger partial charge in [-0.25, -0.2) is 4.98 Å². The summed E-state index contributed by atoms with van der Waals surface area (Å²) in [5, 5.41) is 11.0. The van der Waals surface area contributed by atoms with Crippen molar-refractivity contribution in [3.05, 3.63) is 72.5 Å². The second-order valence-corrected chi connectivity index (χ2v) is 8.88. The molecule has 1 aliphatic rings. The Labute approximate surface area is 204 Å².